The molecule has 0 bridgehead atoms. The van der Waals surface area contributed by atoms with E-state index in [0.717, 1.165) is 18.4 Å². The first-order valence-electron chi connectivity index (χ1n) is 6.85. The average Bonchev–Trinajstić information content (AvgIpc) is 2.70. The fourth-order valence-electron chi connectivity index (χ4n) is 2.51. The number of hydrogen-bond acceptors (Lipinski definition) is 2. The molecule has 1 N–H and O–H groups in total. The second-order valence-electron chi connectivity index (χ2n) is 4.87. The predicted molar refractivity (Wildman–Crippen MR) is 73.6 cm³/mol. The van der Waals surface area contributed by atoms with E-state index in [4.69, 9.17) is 0 Å². The molecular weight excluding hydrogens is 240 g/mol. The van der Waals surface area contributed by atoms with Gasteiger partial charge in [0.1, 0.15) is 5.54 Å². The number of hydrogen-bond donors (Lipinski definition) is 1. The van der Waals surface area contributed by atoms with Crippen molar-refractivity contribution in [3.63, 3.8) is 0 Å². The summed E-state index contributed by atoms with van der Waals surface area (Å²) in [5, 5.41) is 2.88. The second kappa shape index (κ2) is 5.43. The van der Waals surface area contributed by atoms with Crippen molar-refractivity contribution in [2.75, 3.05) is 6.54 Å². The van der Waals surface area contributed by atoms with Gasteiger partial charge >= 0.3 is 6.03 Å². The minimum absolute atomic E-state index is 0.125. The fraction of sp³-hybridized carbons (Fsp3) is 0.467. The van der Waals surface area contributed by atoms with E-state index < -0.39 is 5.54 Å². The fourth-order valence-corrected chi connectivity index (χ4v) is 2.51. The third-order valence-electron chi connectivity index (χ3n) is 3.71. The van der Waals surface area contributed by atoms with E-state index in [9.17, 15) is 9.59 Å². The summed E-state index contributed by atoms with van der Waals surface area (Å²) in [7, 11) is 0. The van der Waals surface area contributed by atoms with Gasteiger partial charge in [-0.2, -0.15) is 0 Å². The van der Waals surface area contributed by atoms with Crippen LogP contribution >= 0.6 is 0 Å². The van der Waals surface area contributed by atoms with Crippen LogP contribution in [0.3, 0.4) is 0 Å². The Kier molecular flexibility index (Phi) is 3.88. The van der Waals surface area contributed by atoms with Gasteiger partial charge < -0.3 is 5.32 Å². The zero-order chi connectivity index (χ0) is 13.9. The van der Waals surface area contributed by atoms with Crippen LogP contribution < -0.4 is 5.32 Å². The van der Waals surface area contributed by atoms with Crippen molar-refractivity contribution in [3.05, 3.63) is 35.9 Å². The highest BCUT2D eigenvalue weighted by Gasteiger charge is 2.50. The largest absolute Gasteiger partial charge is 0.325 e. The Bertz CT molecular complexity index is 472. The van der Waals surface area contributed by atoms with E-state index in [-0.39, 0.29) is 11.9 Å². The van der Waals surface area contributed by atoms with Gasteiger partial charge in [0.05, 0.1) is 0 Å². The van der Waals surface area contributed by atoms with Crippen molar-refractivity contribution in [2.45, 2.75) is 38.6 Å². The lowest BCUT2D eigenvalue weighted by atomic mass is 9.87. The van der Waals surface area contributed by atoms with Gasteiger partial charge in [-0.25, -0.2) is 4.79 Å². The van der Waals surface area contributed by atoms with Gasteiger partial charge in [0.2, 0.25) is 0 Å². The van der Waals surface area contributed by atoms with Crippen LogP contribution in [0.1, 0.15) is 38.7 Å². The minimum atomic E-state index is -0.883. The Labute approximate surface area is 113 Å². The number of imide groups is 1. The number of carbonyl (C=O) groups excluding carboxylic acids is 2. The minimum Gasteiger partial charge on any atom is -0.319 e. The van der Waals surface area contributed by atoms with E-state index in [1.54, 1.807) is 0 Å². The highest BCUT2D eigenvalue weighted by molar-refractivity contribution is 6.07. The molecule has 1 fully saturated rings. The SMILES string of the molecule is CCCCN1C(=O)NC(CC)(c2ccccc2)C1=O. The van der Waals surface area contributed by atoms with E-state index in [2.05, 4.69) is 5.32 Å². The molecule has 1 heterocycles. The normalized spacial score (nSPS) is 22.7. The third-order valence-corrected chi connectivity index (χ3v) is 3.71. The molecule has 19 heavy (non-hydrogen) atoms. The molecule has 1 aromatic rings. The van der Waals surface area contributed by atoms with Crippen molar-refractivity contribution in [3.8, 4) is 0 Å². The molecule has 2 rings (SSSR count). The maximum atomic E-state index is 12.6. The summed E-state index contributed by atoms with van der Waals surface area (Å²) >= 11 is 0. The zero-order valence-corrected chi connectivity index (χ0v) is 11.5. The summed E-state index contributed by atoms with van der Waals surface area (Å²) in [4.78, 5) is 26.0. The number of urea groups is 1. The molecular formula is C15H20N2O2. The molecule has 4 heteroatoms. The van der Waals surface area contributed by atoms with E-state index in [1.165, 1.54) is 4.90 Å². The van der Waals surface area contributed by atoms with Crippen LogP contribution in [0.15, 0.2) is 30.3 Å². The summed E-state index contributed by atoms with van der Waals surface area (Å²) in [6.07, 6.45) is 2.36. The molecule has 1 unspecified atom stereocenters. The quantitative estimate of drug-likeness (QED) is 0.827. The van der Waals surface area contributed by atoms with Gasteiger partial charge in [0.25, 0.3) is 5.91 Å². The zero-order valence-electron chi connectivity index (χ0n) is 11.5. The van der Waals surface area contributed by atoms with Crippen LogP contribution in [0.5, 0.6) is 0 Å². The summed E-state index contributed by atoms with van der Waals surface area (Å²) in [6, 6.07) is 9.20. The highest BCUT2D eigenvalue weighted by Crippen LogP contribution is 2.32. The number of nitrogens with one attached hydrogen (secondary N) is 1. The monoisotopic (exact) mass is 260 g/mol. The predicted octanol–water partition coefficient (Wildman–Crippen LogP) is 2.64. The van der Waals surface area contributed by atoms with Crippen LogP contribution in [-0.2, 0) is 10.3 Å². The Morgan fingerprint density at radius 3 is 2.42 bits per heavy atom. The number of amides is 3. The van der Waals surface area contributed by atoms with Gasteiger partial charge in [-0.3, -0.25) is 9.69 Å². The molecule has 0 aliphatic carbocycles. The molecule has 1 aliphatic heterocycles. The number of unbranched alkanes of at least 4 members (excludes halogenated alkanes) is 1. The van der Waals surface area contributed by atoms with Gasteiger partial charge in [0.15, 0.2) is 0 Å². The summed E-state index contributed by atoms with van der Waals surface area (Å²) in [5.74, 6) is -0.125. The lowest BCUT2D eigenvalue weighted by Gasteiger charge is -2.25. The first-order chi connectivity index (χ1) is 9.15. The molecule has 0 radical (unpaired) electrons. The van der Waals surface area contributed by atoms with Crippen LogP contribution in [0.2, 0.25) is 0 Å². The topological polar surface area (TPSA) is 49.4 Å². The van der Waals surface area contributed by atoms with Crippen molar-refractivity contribution in [1.29, 1.82) is 0 Å². The van der Waals surface area contributed by atoms with Gasteiger partial charge in [-0.05, 0) is 18.4 Å². The Morgan fingerprint density at radius 1 is 1.16 bits per heavy atom. The molecule has 0 aromatic heterocycles. The smallest absolute Gasteiger partial charge is 0.319 e. The summed E-state index contributed by atoms with van der Waals surface area (Å²) < 4.78 is 0. The van der Waals surface area contributed by atoms with Crippen molar-refractivity contribution in [2.24, 2.45) is 0 Å². The van der Waals surface area contributed by atoms with Gasteiger partial charge in [0, 0.05) is 6.54 Å². The summed E-state index contributed by atoms with van der Waals surface area (Å²) in [5.41, 5.74) is -0.0265. The van der Waals surface area contributed by atoms with E-state index in [0.29, 0.717) is 13.0 Å². The number of rotatable bonds is 5. The standard InChI is InChI=1S/C15H20N2O2/c1-3-5-11-17-13(18)15(4-2,16-14(17)19)12-9-7-6-8-10-12/h6-10H,3-5,11H2,1-2H3,(H,16,19). The van der Waals surface area contributed by atoms with Gasteiger partial charge in [-0.15, -0.1) is 0 Å². The van der Waals surface area contributed by atoms with Gasteiger partial charge in [-0.1, -0.05) is 50.6 Å². The lowest BCUT2D eigenvalue weighted by molar-refractivity contribution is -0.131. The Balaban J connectivity index is 2.33. The molecule has 1 aromatic carbocycles. The molecule has 1 saturated heterocycles. The maximum Gasteiger partial charge on any atom is 0.325 e. The highest BCUT2D eigenvalue weighted by atomic mass is 16.2. The third kappa shape index (κ3) is 2.23. The molecule has 4 nitrogen and oxygen atoms in total. The molecule has 1 atom stereocenters. The molecule has 3 amide bonds. The summed E-state index contributed by atoms with van der Waals surface area (Å²) in [6.45, 7) is 4.47. The first kappa shape index (κ1) is 13.6. The Morgan fingerprint density at radius 2 is 1.84 bits per heavy atom. The van der Waals surface area contributed by atoms with Crippen molar-refractivity contribution in [1.82, 2.24) is 10.2 Å². The van der Waals surface area contributed by atoms with E-state index >= 15 is 0 Å². The second-order valence-corrected chi connectivity index (χ2v) is 4.87. The average molecular weight is 260 g/mol. The molecule has 0 spiro atoms. The van der Waals surface area contributed by atoms with E-state index in [1.807, 2.05) is 44.2 Å². The number of nitrogens with zero attached hydrogens (tertiary/aromatic N) is 1. The molecule has 0 saturated carbocycles. The van der Waals surface area contributed by atoms with Crippen LogP contribution in [0.4, 0.5) is 4.79 Å². The van der Waals surface area contributed by atoms with Crippen LogP contribution in [0.25, 0.3) is 0 Å². The lowest BCUT2D eigenvalue weighted by Crippen LogP contribution is -2.43. The number of benzene rings is 1. The maximum absolute atomic E-state index is 12.6. The first-order valence-corrected chi connectivity index (χ1v) is 6.85. The van der Waals surface area contributed by atoms with Crippen LogP contribution in [0, 0.1) is 0 Å². The van der Waals surface area contributed by atoms with Crippen molar-refractivity contribution >= 4 is 11.9 Å². The number of carbonyl (C=O) groups is 2. The van der Waals surface area contributed by atoms with Crippen LogP contribution in [-0.4, -0.2) is 23.4 Å². The molecule has 1 aliphatic rings. The molecule has 102 valence electrons. The van der Waals surface area contributed by atoms with Crippen molar-refractivity contribution < 1.29 is 9.59 Å². The Hall–Kier alpha value is -1.84.